The molecule has 1 saturated heterocycles. The van der Waals surface area contributed by atoms with Crippen molar-refractivity contribution in [2.45, 2.75) is 46.2 Å². The summed E-state index contributed by atoms with van der Waals surface area (Å²) in [5.74, 6) is -0.982. The molecule has 2 unspecified atom stereocenters. The molecule has 0 saturated carbocycles. The molecule has 2 aromatic rings. The number of carbonyl (C=O) groups is 2. The highest BCUT2D eigenvalue weighted by atomic mass is 16.5. The lowest BCUT2D eigenvalue weighted by Crippen LogP contribution is -2.52. The number of hydrogen-bond donors (Lipinski definition) is 3. The van der Waals surface area contributed by atoms with Gasteiger partial charge in [0.15, 0.2) is 0 Å². The van der Waals surface area contributed by atoms with Crippen molar-refractivity contribution in [2.75, 3.05) is 13.1 Å². The second-order valence-electron chi connectivity index (χ2n) is 8.74. The van der Waals surface area contributed by atoms with Gasteiger partial charge in [-0.05, 0) is 54.5 Å². The molecular weight excluding hydrogens is 390 g/mol. The number of nitrogens with zero attached hydrogens (tertiary/aromatic N) is 1. The van der Waals surface area contributed by atoms with Crippen molar-refractivity contribution < 1.29 is 14.8 Å². The van der Waals surface area contributed by atoms with E-state index in [0.717, 1.165) is 25.9 Å². The van der Waals surface area contributed by atoms with Crippen LogP contribution in [0.1, 0.15) is 37.8 Å². The van der Waals surface area contributed by atoms with Crippen LogP contribution in [0.5, 0.6) is 0 Å². The molecule has 1 fully saturated rings. The number of carbonyl (C=O) groups excluding carboxylic acids is 2. The molecule has 3 N–H and O–H groups in total. The van der Waals surface area contributed by atoms with Gasteiger partial charge in [-0.3, -0.25) is 19.7 Å². The van der Waals surface area contributed by atoms with Gasteiger partial charge in [0.25, 0.3) is 5.91 Å². The Hall–Kier alpha value is -2.70. The van der Waals surface area contributed by atoms with Gasteiger partial charge in [0.05, 0.1) is 5.92 Å². The maximum Gasteiger partial charge on any atom is 0.266 e. The molecule has 166 valence electrons. The fourth-order valence-electron chi connectivity index (χ4n) is 4.31. The summed E-state index contributed by atoms with van der Waals surface area (Å²) in [6, 6.07) is 16.0. The van der Waals surface area contributed by atoms with E-state index in [2.05, 4.69) is 59.6 Å². The zero-order valence-corrected chi connectivity index (χ0v) is 18.6. The predicted molar refractivity (Wildman–Crippen MR) is 121 cm³/mol. The summed E-state index contributed by atoms with van der Waals surface area (Å²) in [6.07, 6.45) is 1.74. The third kappa shape index (κ3) is 5.71. The average Bonchev–Trinajstić information content (AvgIpc) is 2.78. The number of piperidine rings is 1. The topological polar surface area (TPSA) is 81.7 Å². The first-order chi connectivity index (χ1) is 14.9. The van der Waals surface area contributed by atoms with Gasteiger partial charge in [0.2, 0.25) is 5.91 Å². The van der Waals surface area contributed by atoms with E-state index in [-0.39, 0.29) is 17.7 Å². The molecule has 31 heavy (non-hydrogen) atoms. The Balaban J connectivity index is 1.68. The number of hydrogen-bond acceptors (Lipinski definition) is 4. The molecular formula is C25H33N3O3. The number of rotatable bonds is 7. The minimum absolute atomic E-state index is 0.112. The van der Waals surface area contributed by atoms with E-state index in [9.17, 15) is 9.59 Å². The van der Waals surface area contributed by atoms with E-state index in [0.29, 0.717) is 6.54 Å². The van der Waals surface area contributed by atoms with Crippen molar-refractivity contribution in [3.05, 3.63) is 59.7 Å². The van der Waals surface area contributed by atoms with Gasteiger partial charge >= 0.3 is 0 Å². The first-order valence-corrected chi connectivity index (χ1v) is 11.0. The molecule has 6 nitrogen and oxygen atoms in total. The molecule has 0 bridgehead atoms. The maximum atomic E-state index is 12.8. The fraction of sp³-hybridized carbons (Fsp3) is 0.440. The number of amides is 2. The summed E-state index contributed by atoms with van der Waals surface area (Å²) in [5, 5.41) is 11.8. The van der Waals surface area contributed by atoms with Crippen LogP contribution >= 0.6 is 0 Å². The van der Waals surface area contributed by atoms with Gasteiger partial charge < -0.3 is 5.32 Å². The molecule has 0 aliphatic carbocycles. The Labute approximate surface area is 184 Å². The van der Waals surface area contributed by atoms with Crippen LogP contribution in [0, 0.1) is 18.8 Å². The number of nitrogens with one attached hydrogen (secondary N) is 2. The third-order valence-corrected chi connectivity index (χ3v) is 6.16. The van der Waals surface area contributed by atoms with Gasteiger partial charge in [0, 0.05) is 13.1 Å². The minimum Gasteiger partial charge on any atom is -0.344 e. The summed E-state index contributed by atoms with van der Waals surface area (Å²) in [4.78, 5) is 27.0. The molecule has 1 aliphatic rings. The first-order valence-electron chi connectivity index (χ1n) is 11.0. The normalized spacial score (nSPS) is 17.9. The smallest absolute Gasteiger partial charge is 0.266 e. The highest BCUT2D eigenvalue weighted by Crippen LogP contribution is 2.27. The zero-order chi connectivity index (χ0) is 22.4. The maximum absolute atomic E-state index is 12.8. The van der Waals surface area contributed by atoms with Crippen LogP contribution in [0.4, 0.5) is 0 Å². The van der Waals surface area contributed by atoms with Crippen LogP contribution in [0.2, 0.25) is 0 Å². The Kier molecular flexibility index (Phi) is 7.82. The van der Waals surface area contributed by atoms with Crippen molar-refractivity contribution in [1.82, 2.24) is 15.7 Å². The van der Waals surface area contributed by atoms with Crippen LogP contribution in [-0.2, 0) is 16.1 Å². The molecule has 0 radical (unpaired) electrons. The summed E-state index contributed by atoms with van der Waals surface area (Å²) in [5.41, 5.74) is 6.63. The van der Waals surface area contributed by atoms with E-state index in [4.69, 9.17) is 5.21 Å². The highest BCUT2D eigenvalue weighted by Gasteiger charge is 2.30. The molecule has 2 amide bonds. The Morgan fingerprint density at radius 1 is 1.13 bits per heavy atom. The van der Waals surface area contributed by atoms with E-state index in [1.165, 1.54) is 22.3 Å². The van der Waals surface area contributed by atoms with E-state index < -0.39 is 11.9 Å². The Morgan fingerprint density at radius 3 is 2.55 bits per heavy atom. The highest BCUT2D eigenvalue weighted by molar-refractivity contribution is 5.88. The quantitative estimate of drug-likeness (QED) is 0.470. The molecule has 2 atom stereocenters. The molecule has 1 heterocycles. The van der Waals surface area contributed by atoms with Gasteiger partial charge in [-0.1, -0.05) is 62.4 Å². The monoisotopic (exact) mass is 423 g/mol. The van der Waals surface area contributed by atoms with Crippen LogP contribution < -0.4 is 10.8 Å². The van der Waals surface area contributed by atoms with Gasteiger partial charge in [-0.25, -0.2) is 5.48 Å². The van der Waals surface area contributed by atoms with Crippen molar-refractivity contribution in [3.63, 3.8) is 0 Å². The van der Waals surface area contributed by atoms with Gasteiger partial charge in [-0.2, -0.15) is 0 Å². The number of likely N-dealkylation sites (tertiary alicyclic amines) is 1. The average molecular weight is 424 g/mol. The van der Waals surface area contributed by atoms with Crippen LogP contribution in [0.15, 0.2) is 48.5 Å². The summed E-state index contributed by atoms with van der Waals surface area (Å²) in [7, 11) is 0. The molecule has 0 aromatic heterocycles. The Morgan fingerprint density at radius 2 is 1.87 bits per heavy atom. The van der Waals surface area contributed by atoms with Crippen molar-refractivity contribution in [1.29, 1.82) is 0 Å². The van der Waals surface area contributed by atoms with E-state index in [1.54, 1.807) is 5.48 Å². The van der Waals surface area contributed by atoms with Gasteiger partial charge in [-0.15, -0.1) is 0 Å². The van der Waals surface area contributed by atoms with E-state index in [1.807, 2.05) is 19.9 Å². The summed E-state index contributed by atoms with van der Waals surface area (Å²) in [6.45, 7) is 8.25. The molecule has 2 aromatic carbocycles. The van der Waals surface area contributed by atoms with Crippen molar-refractivity contribution in [2.24, 2.45) is 11.8 Å². The zero-order valence-electron chi connectivity index (χ0n) is 18.6. The standard InChI is InChI=1S/C25H33N3O3/c1-17(2)23(25(30)27-31)26-24(29)21-12-8-14-28(16-21)15-20-11-7-13-22(18(20)3)19-9-5-4-6-10-19/h4-7,9-11,13,17,21,23,31H,8,12,14-16H2,1-3H3,(H,26,29)(H,27,30). The Bertz CT molecular complexity index is 898. The number of hydroxylamine groups is 1. The number of benzene rings is 2. The second-order valence-corrected chi connectivity index (χ2v) is 8.74. The molecule has 6 heteroatoms. The molecule has 3 rings (SSSR count). The summed E-state index contributed by atoms with van der Waals surface area (Å²) >= 11 is 0. The van der Waals surface area contributed by atoms with Gasteiger partial charge in [0.1, 0.15) is 6.04 Å². The van der Waals surface area contributed by atoms with Crippen LogP contribution in [0.3, 0.4) is 0 Å². The fourth-order valence-corrected chi connectivity index (χ4v) is 4.31. The lowest BCUT2D eigenvalue weighted by molar-refractivity contribution is -0.137. The molecule has 0 spiro atoms. The largest absolute Gasteiger partial charge is 0.344 e. The lowest BCUT2D eigenvalue weighted by Gasteiger charge is -2.33. The molecule has 1 aliphatic heterocycles. The predicted octanol–water partition coefficient (Wildman–Crippen LogP) is 3.52. The van der Waals surface area contributed by atoms with Crippen LogP contribution in [0.25, 0.3) is 11.1 Å². The SMILES string of the molecule is Cc1c(CN2CCCC(C(=O)NC(C(=O)NO)C(C)C)C2)cccc1-c1ccccc1. The van der Waals surface area contributed by atoms with E-state index >= 15 is 0 Å². The lowest BCUT2D eigenvalue weighted by atomic mass is 9.93. The summed E-state index contributed by atoms with van der Waals surface area (Å²) < 4.78 is 0. The van der Waals surface area contributed by atoms with Crippen molar-refractivity contribution >= 4 is 11.8 Å². The third-order valence-electron chi connectivity index (χ3n) is 6.16. The minimum atomic E-state index is -0.738. The van der Waals surface area contributed by atoms with Crippen LogP contribution in [-0.4, -0.2) is 41.1 Å². The second kappa shape index (κ2) is 10.6. The first kappa shape index (κ1) is 23.0. The van der Waals surface area contributed by atoms with Crippen molar-refractivity contribution in [3.8, 4) is 11.1 Å².